The van der Waals surface area contributed by atoms with Crippen LogP contribution in [-0.2, 0) is 6.42 Å². The van der Waals surface area contributed by atoms with Crippen LogP contribution in [0.4, 0.5) is 4.39 Å². The van der Waals surface area contributed by atoms with Crippen molar-refractivity contribution in [3.05, 3.63) is 46.0 Å². The summed E-state index contributed by atoms with van der Waals surface area (Å²) in [5.41, 5.74) is 0.978. The van der Waals surface area contributed by atoms with Crippen molar-refractivity contribution in [1.82, 2.24) is 9.97 Å². The molecule has 5 heteroatoms. The van der Waals surface area contributed by atoms with Gasteiger partial charge in [0, 0.05) is 5.69 Å². The summed E-state index contributed by atoms with van der Waals surface area (Å²) in [5.74, 6) is -0.221. The lowest BCUT2D eigenvalue weighted by Crippen LogP contribution is -1.98. The summed E-state index contributed by atoms with van der Waals surface area (Å²) in [6.45, 7) is 2.03. The second-order valence-corrected chi connectivity index (χ2v) is 4.65. The Hall–Kier alpha value is -1.19. The minimum Gasteiger partial charge on any atom is -0.233 e. The molecule has 0 amide bonds. The molecule has 18 heavy (non-hydrogen) atoms. The number of nitrogens with zero attached hydrogens (tertiary/aromatic N) is 2. The second-order valence-electron chi connectivity index (χ2n) is 3.85. The van der Waals surface area contributed by atoms with E-state index in [1.807, 2.05) is 6.92 Å². The summed E-state index contributed by atoms with van der Waals surface area (Å²) in [7, 11) is 0. The van der Waals surface area contributed by atoms with Crippen LogP contribution in [0.5, 0.6) is 0 Å². The van der Waals surface area contributed by atoms with Crippen molar-refractivity contribution >= 4 is 23.2 Å². The van der Waals surface area contributed by atoms with Crippen LogP contribution in [0.25, 0.3) is 11.4 Å². The Morgan fingerprint density at radius 1 is 1.22 bits per heavy atom. The van der Waals surface area contributed by atoms with E-state index in [1.165, 1.54) is 6.07 Å². The number of hydrogen-bond acceptors (Lipinski definition) is 2. The molecule has 0 bridgehead atoms. The molecule has 0 atom stereocenters. The van der Waals surface area contributed by atoms with Gasteiger partial charge in [-0.3, -0.25) is 0 Å². The molecule has 0 fully saturated rings. The average Bonchev–Trinajstić information content (AvgIpc) is 2.28. The van der Waals surface area contributed by atoms with Crippen molar-refractivity contribution in [2.24, 2.45) is 0 Å². The summed E-state index contributed by atoms with van der Waals surface area (Å²) in [6.07, 6.45) is 1.69. The zero-order chi connectivity index (χ0) is 13.1. The van der Waals surface area contributed by atoms with E-state index in [2.05, 4.69) is 9.97 Å². The molecule has 0 aliphatic heterocycles. The summed E-state index contributed by atoms with van der Waals surface area (Å²) in [4.78, 5) is 8.33. The van der Waals surface area contributed by atoms with Gasteiger partial charge in [0.25, 0.3) is 0 Å². The minimum absolute atomic E-state index is 0.194. The summed E-state index contributed by atoms with van der Waals surface area (Å²) in [6, 6.07) is 6.15. The van der Waals surface area contributed by atoms with Gasteiger partial charge < -0.3 is 0 Å². The Bertz CT molecular complexity index is 553. The fourth-order valence-corrected chi connectivity index (χ4v) is 2.13. The van der Waals surface area contributed by atoms with Gasteiger partial charge in [-0.15, -0.1) is 0 Å². The van der Waals surface area contributed by atoms with Gasteiger partial charge in [-0.2, -0.15) is 0 Å². The highest BCUT2D eigenvalue weighted by Gasteiger charge is 2.14. The normalized spacial score (nSPS) is 10.7. The maximum absolute atomic E-state index is 13.8. The Labute approximate surface area is 115 Å². The molecular weight excluding hydrogens is 274 g/mol. The van der Waals surface area contributed by atoms with Gasteiger partial charge >= 0.3 is 0 Å². The van der Waals surface area contributed by atoms with Crippen LogP contribution in [0.2, 0.25) is 10.2 Å². The molecule has 1 aromatic heterocycles. The lowest BCUT2D eigenvalue weighted by molar-refractivity contribution is 0.630. The molecule has 0 spiro atoms. The van der Waals surface area contributed by atoms with E-state index in [4.69, 9.17) is 23.2 Å². The number of aryl methyl sites for hydroxylation is 1. The van der Waals surface area contributed by atoms with Crippen molar-refractivity contribution in [2.75, 3.05) is 0 Å². The Kier molecular flexibility index (Phi) is 4.15. The van der Waals surface area contributed by atoms with Gasteiger partial charge in [-0.05, 0) is 24.6 Å². The smallest absolute Gasteiger partial charge is 0.165 e. The third-order valence-corrected chi connectivity index (χ3v) is 2.95. The quantitative estimate of drug-likeness (QED) is 0.773. The van der Waals surface area contributed by atoms with Crippen molar-refractivity contribution in [2.45, 2.75) is 19.8 Å². The fourth-order valence-electron chi connectivity index (χ4n) is 1.67. The monoisotopic (exact) mass is 284 g/mol. The maximum Gasteiger partial charge on any atom is 0.165 e. The van der Waals surface area contributed by atoms with Gasteiger partial charge in [-0.1, -0.05) is 42.6 Å². The number of benzene rings is 1. The molecule has 0 saturated heterocycles. The molecule has 0 N–H and O–H groups in total. The van der Waals surface area contributed by atoms with Crippen LogP contribution in [-0.4, -0.2) is 9.97 Å². The van der Waals surface area contributed by atoms with Gasteiger partial charge in [-0.25, -0.2) is 14.4 Å². The first kappa shape index (κ1) is 13.2. The Balaban J connectivity index is 2.56. The molecular formula is C13H11Cl2FN2. The van der Waals surface area contributed by atoms with Crippen LogP contribution in [0.15, 0.2) is 24.3 Å². The first-order valence-corrected chi connectivity index (χ1v) is 6.35. The number of aromatic nitrogens is 2. The van der Waals surface area contributed by atoms with E-state index < -0.39 is 5.82 Å². The predicted molar refractivity (Wildman–Crippen MR) is 71.4 cm³/mol. The van der Waals surface area contributed by atoms with E-state index in [-0.39, 0.29) is 16.4 Å². The molecule has 2 nitrogen and oxygen atoms in total. The molecule has 0 radical (unpaired) electrons. The second kappa shape index (κ2) is 5.63. The molecule has 1 heterocycles. The number of halogens is 3. The van der Waals surface area contributed by atoms with E-state index in [0.29, 0.717) is 5.15 Å². The van der Waals surface area contributed by atoms with Gasteiger partial charge in [0.05, 0.1) is 10.6 Å². The van der Waals surface area contributed by atoms with E-state index in [1.54, 1.807) is 18.2 Å². The van der Waals surface area contributed by atoms with E-state index in [0.717, 1.165) is 18.5 Å². The minimum atomic E-state index is -0.452. The lowest BCUT2D eigenvalue weighted by Gasteiger charge is -2.07. The molecule has 1 aromatic carbocycles. The van der Waals surface area contributed by atoms with Gasteiger partial charge in [0.1, 0.15) is 11.0 Å². The molecule has 0 aliphatic rings. The summed E-state index contributed by atoms with van der Waals surface area (Å²) < 4.78 is 13.8. The number of rotatable bonds is 3. The molecule has 2 aromatic rings. The zero-order valence-corrected chi connectivity index (χ0v) is 11.3. The Morgan fingerprint density at radius 3 is 2.67 bits per heavy atom. The first-order chi connectivity index (χ1) is 8.61. The van der Waals surface area contributed by atoms with Crippen LogP contribution >= 0.6 is 23.2 Å². The molecule has 94 valence electrons. The topological polar surface area (TPSA) is 25.8 Å². The third kappa shape index (κ3) is 2.79. The van der Waals surface area contributed by atoms with Gasteiger partial charge in [0.15, 0.2) is 5.82 Å². The zero-order valence-electron chi connectivity index (χ0n) is 9.75. The molecule has 2 rings (SSSR count). The highest BCUT2D eigenvalue weighted by molar-refractivity contribution is 6.33. The number of hydrogen-bond donors (Lipinski definition) is 0. The molecule has 0 saturated carbocycles. The highest BCUT2D eigenvalue weighted by Crippen LogP contribution is 2.29. The summed E-state index contributed by atoms with van der Waals surface area (Å²) >= 11 is 11.9. The van der Waals surface area contributed by atoms with Crippen molar-refractivity contribution in [1.29, 1.82) is 0 Å². The highest BCUT2D eigenvalue weighted by atomic mass is 35.5. The van der Waals surface area contributed by atoms with Crippen LogP contribution in [0.1, 0.15) is 19.0 Å². The molecule has 0 unspecified atom stereocenters. The standard InChI is InChI=1S/C13H11Cl2FN2/c1-2-4-8-7-11(15)18-13(17-8)12-9(14)5-3-6-10(12)16/h3,5-7H,2,4H2,1H3. The summed E-state index contributed by atoms with van der Waals surface area (Å²) in [5, 5.41) is 0.572. The van der Waals surface area contributed by atoms with Crippen LogP contribution < -0.4 is 0 Å². The van der Waals surface area contributed by atoms with E-state index in [9.17, 15) is 4.39 Å². The van der Waals surface area contributed by atoms with Crippen LogP contribution in [0, 0.1) is 5.82 Å². The van der Waals surface area contributed by atoms with Gasteiger partial charge in [0.2, 0.25) is 0 Å². The SMILES string of the molecule is CCCc1cc(Cl)nc(-c2c(F)cccc2Cl)n1. The van der Waals surface area contributed by atoms with Crippen molar-refractivity contribution in [3.8, 4) is 11.4 Å². The van der Waals surface area contributed by atoms with Crippen LogP contribution in [0.3, 0.4) is 0 Å². The average molecular weight is 285 g/mol. The van der Waals surface area contributed by atoms with Crippen molar-refractivity contribution in [3.63, 3.8) is 0 Å². The lowest BCUT2D eigenvalue weighted by atomic mass is 10.2. The fraction of sp³-hybridized carbons (Fsp3) is 0.231. The van der Waals surface area contributed by atoms with Crippen molar-refractivity contribution < 1.29 is 4.39 Å². The predicted octanol–water partition coefficient (Wildman–Crippen LogP) is 4.54. The largest absolute Gasteiger partial charge is 0.233 e. The first-order valence-electron chi connectivity index (χ1n) is 5.59. The maximum atomic E-state index is 13.8. The Morgan fingerprint density at radius 2 is 2.00 bits per heavy atom. The van der Waals surface area contributed by atoms with E-state index >= 15 is 0 Å². The molecule has 0 aliphatic carbocycles. The third-order valence-electron chi connectivity index (χ3n) is 2.44.